The van der Waals surface area contributed by atoms with Gasteiger partial charge in [0.05, 0.1) is 35.0 Å². The van der Waals surface area contributed by atoms with Gasteiger partial charge < -0.3 is 4.90 Å². The molecule has 3 heterocycles. The molecule has 6 heteroatoms. The lowest BCUT2D eigenvalue weighted by Crippen LogP contribution is -2.15. The number of carbonyl (C=O) groups excluding carboxylic acids is 1. The van der Waals surface area contributed by atoms with Crippen molar-refractivity contribution >= 4 is 17.0 Å². The topological polar surface area (TPSA) is 56.0 Å². The fourth-order valence-electron chi connectivity index (χ4n) is 4.47. The minimum Gasteiger partial charge on any atom is -0.323 e. The first kappa shape index (κ1) is 22.6. The molecule has 0 spiro atoms. The van der Waals surface area contributed by atoms with E-state index in [-0.39, 0.29) is 5.78 Å². The number of benzene rings is 2. The zero-order valence-corrected chi connectivity index (χ0v) is 20.3. The molecule has 35 heavy (non-hydrogen) atoms. The molecule has 2 aromatic heterocycles. The van der Waals surface area contributed by atoms with Gasteiger partial charge in [0, 0.05) is 35.7 Å². The highest BCUT2D eigenvalue weighted by Gasteiger charge is 2.19. The van der Waals surface area contributed by atoms with E-state index in [9.17, 15) is 4.79 Å². The normalized spacial score (nSPS) is 13.2. The number of aromatic nitrogens is 4. The molecule has 0 saturated carbocycles. The average Bonchev–Trinajstić information content (AvgIpc) is 3.46. The smallest absolute Gasteiger partial charge is 0.164 e. The molecule has 0 amide bonds. The Labute approximate surface area is 205 Å². The van der Waals surface area contributed by atoms with Crippen LogP contribution in [-0.4, -0.2) is 25.3 Å². The molecule has 1 aliphatic heterocycles. The highest BCUT2D eigenvalue weighted by molar-refractivity contribution is 6.01. The van der Waals surface area contributed by atoms with Crippen LogP contribution in [0.3, 0.4) is 0 Å². The standard InChI is InChI=1S/C29H29N5O/c1-4-29(35)26-14-8-9-15-28(26)32-16-10-11-23(19-32)27-18-25(20-33-22(3)17-21(2)30-33)34(31-27)24-12-6-5-7-13-24/h5-10,12-19H,4,11,20H2,1-3H3. The average molecular weight is 464 g/mol. The number of anilines is 1. The molecule has 0 radical (unpaired) electrons. The van der Waals surface area contributed by atoms with E-state index in [4.69, 9.17) is 5.10 Å². The summed E-state index contributed by atoms with van der Waals surface area (Å²) in [5.41, 5.74) is 7.82. The molecule has 6 nitrogen and oxygen atoms in total. The lowest BCUT2D eigenvalue weighted by atomic mass is 10.0. The van der Waals surface area contributed by atoms with Gasteiger partial charge in [0.25, 0.3) is 0 Å². The number of ketones is 1. The maximum Gasteiger partial charge on any atom is 0.164 e. The predicted molar refractivity (Wildman–Crippen MR) is 140 cm³/mol. The molecule has 0 N–H and O–H groups in total. The summed E-state index contributed by atoms with van der Waals surface area (Å²) in [5, 5.41) is 9.68. The third-order valence-electron chi connectivity index (χ3n) is 6.23. The van der Waals surface area contributed by atoms with Crippen molar-refractivity contribution in [1.29, 1.82) is 0 Å². The van der Waals surface area contributed by atoms with Crippen LogP contribution in [0.1, 0.15) is 52.9 Å². The zero-order valence-electron chi connectivity index (χ0n) is 20.3. The van der Waals surface area contributed by atoms with Crippen molar-refractivity contribution in [2.24, 2.45) is 0 Å². The van der Waals surface area contributed by atoms with Crippen LogP contribution in [-0.2, 0) is 6.54 Å². The van der Waals surface area contributed by atoms with Gasteiger partial charge in [0.15, 0.2) is 5.78 Å². The van der Waals surface area contributed by atoms with E-state index in [2.05, 4.69) is 48.6 Å². The Balaban J connectivity index is 1.55. The van der Waals surface area contributed by atoms with E-state index in [0.717, 1.165) is 51.7 Å². The van der Waals surface area contributed by atoms with Crippen LogP contribution < -0.4 is 4.90 Å². The molecule has 0 aliphatic carbocycles. The second-order valence-corrected chi connectivity index (χ2v) is 8.80. The van der Waals surface area contributed by atoms with Crippen LogP contribution in [0, 0.1) is 13.8 Å². The summed E-state index contributed by atoms with van der Waals surface area (Å²) in [6, 6.07) is 22.2. The van der Waals surface area contributed by atoms with E-state index >= 15 is 0 Å². The Morgan fingerprint density at radius 1 is 0.971 bits per heavy atom. The predicted octanol–water partition coefficient (Wildman–Crippen LogP) is 6.09. The number of aryl methyl sites for hydroxylation is 2. The molecule has 0 atom stereocenters. The Morgan fingerprint density at radius 2 is 1.74 bits per heavy atom. The lowest BCUT2D eigenvalue weighted by molar-refractivity contribution is 0.0988. The van der Waals surface area contributed by atoms with Crippen LogP contribution in [0.4, 0.5) is 5.69 Å². The van der Waals surface area contributed by atoms with Crippen LogP contribution in [0.15, 0.2) is 85.2 Å². The fraction of sp³-hybridized carbons (Fsp3) is 0.207. The summed E-state index contributed by atoms with van der Waals surface area (Å²) in [5.74, 6) is 0.134. The monoisotopic (exact) mass is 463 g/mol. The third-order valence-corrected chi connectivity index (χ3v) is 6.23. The van der Waals surface area contributed by atoms with E-state index in [0.29, 0.717) is 13.0 Å². The summed E-state index contributed by atoms with van der Waals surface area (Å²) >= 11 is 0. The van der Waals surface area contributed by atoms with Crippen molar-refractivity contribution in [2.75, 3.05) is 4.90 Å². The first-order chi connectivity index (χ1) is 17.0. The number of hydrogen-bond donors (Lipinski definition) is 0. The number of Topliss-reactive ketones (excluding diaryl/α,β-unsaturated/α-hetero) is 1. The molecule has 5 rings (SSSR count). The molecule has 2 aromatic carbocycles. The number of allylic oxidation sites excluding steroid dienone is 2. The van der Waals surface area contributed by atoms with Gasteiger partial charge in [-0.3, -0.25) is 9.48 Å². The van der Waals surface area contributed by atoms with Crippen molar-refractivity contribution < 1.29 is 4.79 Å². The zero-order chi connectivity index (χ0) is 24.4. The Kier molecular flexibility index (Phi) is 6.19. The molecular weight excluding hydrogens is 434 g/mol. The summed E-state index contributed by atoms with van der Waals surface area (Å²) in [6.45, 7) is 6.61. The van der Waals surface area contributed by atoms with Crippen molar-refractivity contribution in [2.45, 2.75) is 40.2 Å². The number of hydrogen-bond acceptors (Lipinski definition) is 4. The number of rotatable bonds is 7. The molecule has 0 fully saturated rings. The Morgan fingerprint density at radius 3 is 2.49 bits per heavy atom. The quantitative estimate of drug-likeness (QED) is 0.311. The van der Waals surface area contributed by atoms with Gasteiger partial charge in [0.2, 0.25) is 0 Å². The van der Waals surface area contributed by atoms with Gasteiger partial charge in [-0.1, -0.05) is 43.3 Å². The number of carbonyl (C=O) groups is 1. The largest absolute Gasteiger partial charge is 0.323 e. The maximum atomic E-state index is 12.5. The van der Waals surface area contributed by atoms with Crippen molar-refractivity contribution in [3.63, 3.8) is 0 Å². The molecule has 0 unspecified atom stereocenters. The van der Waals surface area contributed by atoms with Gasteiger partial charge in [-0.25, -0.2) is 4.68 Å². The minimum absolute atomic E-state index is 0.134. The summed E-state index contributed by atoms with van der Waals surface area (Å²) in [4.78, 5) is 14.6. The van der Waals surface area contributed by atoms with E-state index in [1.165, 1.54) is 0 Å². The van der Waals surface area contributed by atoms with Crippen LogP contribution in [0.2, 0.25) is 0 Å². The van der Waals surface area contributed by atoms with Gasteiger partial charge in [-0.15, -0.1) is 0 Å². The first-order valence-corrected chi connectivity index (χ1v) is 12.0. The van der Waals surface area contributed by atoms with Crippen LogP contribution >= 0.6 is 0 Å². The van der Waals surface area contributed by atoms with Gasteiger partial charge >= 0.3 is 0 Å². The third kappa shape index (κ3) is 4.60. The van der Waals surface area contributed by atoms with Gasteiger partial charge in [0.1, 0.15) is 0 Å². The maximum absolute atomic E-state index is 12.5. The first-order valence-electron chi connectivity index (χ1n) is 12.0. The molecule has 0 saturated heterocycles. The van der Waals surface area contributed by atoms with E-state index < -0.39 is 0 Å². The summed E-state index contributed by atoms with van der Waals surface area (Å²) in [6.07, 6.45) is 7.47. The second-order valence-electron chi connectivity index (χ2n) is 8.80. The van der Waals surface area contributed by atoms with Crippen LogP contribution in [0.5, 0.6) is 0 Å². The highest BCUT2D eigenvalue weighted by Crippen LogP contribution is 2.30. The summed E-state index contributed by atoms with van der Waals surface area (Å²) in [7, 11) is 0. The van der Waals surface area contributed by atoms with Crippen molar-refractivity contribution in [3.05, 3.63) is 114 Å². The SMILES string of the molecule is CCC(=O)c1ccccc1N1C=CCC(c2cc(Cn3nc(C)cc3C)n(-c3ccccc3)n2)=C1. The van der Waals surface area contributed by atoms with Gasteiger partial charge in [-0.05, 0) is 56.7 Å². The highest BCUT2D eigenvalue weighted by atomic mass is 16.1. The lowest BCUT2D eigenvalue weighted by Gasteiger charge is -2.23. The minimum atomic E-state index is 0.134. The molecular formula is C29H29N5O. The van der Waals surface area contributed by atoms with Crippen LogP contribution in [0.25, 0.3) is 11.3 Å². The molecule has 1 aliphatic rings. The van der Waals surface area contributed by atoms with Gasteiger partial charge in [-0.2, -0.15) is 10.2 Å². The summed E-state index contributed by atoms with van der Waals surface area (Å²) < 4.78 is 4.02. The van der Waals surface area contributed by atoms with Crippen molar-refractivity contribution in [1.82, 2.24) is 19.6 Å². The number of nitrogens with zero attached hydrogens (tertiary/aromatic N) is 5. The molecule has 4 aromatic rings. The number of para-hydroxylation sites is 2. The van der Waals surface area contributed by atoms with Crippen molar-refractivity contribution in [3.8, 4) is 5.69 Å². The molecule has 0 bridgehead atoms. The van der Waals surface area contributed by atoms with E-state index in [1.54, 1.807) is 0 Å². The second kappa shape index (κ2) is 9.58. The fourth-order valence-corrected chi connectivity index (χ4v) is 4.47. The Bertz CT molecular complexity index is 1420. The van der Waals surface area contributed by atoms with E-state index in [1.807, 2.05) is 76.8 Å². The molecule has 176 valence electrons. The Hall–Kier alpha value is -4.19.